The van der Waals surface area contributed by atoms with Gasteiger partial charge in [-0.15, -0.1) is 0 Å². The average molecular weight is 294 g/mol. The van der Waals surface area contributed by atoms with Crippen LogP contribution in [0.5, 0.6) is 0 Å². The number of nitro benzene ring substituents is 1. The topological polar surface area (TPSA) is 95.9 Å². The van der Waals surface area contributed by atoms with Crippen molar-refractivity contribution in [3.63, 3.8) is 0 Å². The summed E-state index contributed by atoms with van der Waals surface area (Å²) in [6.45, 7) is 4.96. The van der Waals surface area contributed by atoms with Gasteiger partial charge in [0.15, 0.2) is 0 Å². The molecule has 1 fully saturated rings. The summed E-state index contributed by atoms with van der Waals surface area (Å²) in [7, 11) is 0. The first-order valence-corrected chi connectivity index (χ1v) is 7.17. The average Bonchev–Trinajstić information content (AvgIpc) is 2.50. The number of aliphatic hydroxyl groups excluding tert-OH is 1. The predicted molar refractivity (Wildman–Crippen MR) is 80.0 cm³/mol. The van der Waals surface area contributed by atoms with E-state index in [2.05, 4.69) is 9.80 Å². The third kappa shape index (κ3) is 3.98. The van der Waals surface area contributed by atoms with Crippen LogP contribution in [0.1, 0.15) is 11.6 Å². The van der Waals surface area contributed by atoms with E-state index in [1.54, 1.807) is 12.1 Å². The largest absolute Gasteiger partial charge is 0.395 e. The summed E-state index contributed by atoms with van der Waals surface area (Å²) in [6.07, 6.45) is 0. The quantitative estimate of drug-likeness (QED) is 0.575. The summed E-state index contributed by atoms with van der Waals surface area (Å²) in [5.74, 6) is 0. The highest BCUT2D eigenvalue weighted by molar-refractivity contribution is 5.34. The molecule has 1 unspecified atom stereocenters. The number of piperazine rings is 1. The first-order valence-electron chi connectivity index (χ1n) is 7.17. The lowest BCUT2D eigenvalue weighted by Gasteiger charge is -2.38. The zero-order valence-corrected chi connectivity index (χ0v) is 12.0. The molecule has 7 heteroatoms. The van der Waals surface area contributed by atoms with Crippen LogP contribution in [0, 0.1) is 10.1 Å². The van der Waals surface area contributed by atoms with Gasteiger partial charge in [-0.2, -0.15) is 0 Å². The molecular formula is C14H22N4O3. The van der Waals surface area contributed by atoms with Crippen molar-refractivity contribution < 1.29 is 10.0 Å². The third-order valence-electron chi connectivity index (χ3n) is 3.98. The summed E-state index contributed by atoms with van der Waals surface area (Å²) in [4.78, 5) is 14.8. The van der Waals surface area contributed by atoms with Gasteiger partial charge in [0.2, 0.25) is 0 Å². The summed E-state index contributed by atoms with van der Waals surface area (Å²) < 4.78 is 0. The second-order valence-electron chi connectivity index (χ2n) is 5.20. The Balaban J connectivity index is 2.01. The van der Waals surface area contributed by atoms with E-state index in [4.69, 9.17) is 10.8 Å². The van der Waals surface area contributed by atoms with Crippen molar-refractivity contribution in [1.82, 2.24) is 9.80 Å². The monoisotopic (exact) mass is 294 g/mol. The zero-order chi connectivity index (χ0) is 15.2. The molecule has 0 bridgehead atoms. The number of hydrogen-bond acceptors (Lipinski definition) is 6. The molecule has 0 amide bonds. The number of hydrogen-bond donors (Lipinski definition) is 2. The molecule has 1 atom stereocenters. The van der Waals surface area contributed by atoms with Crippen molar-refractivity contribution in [2.45, 2.75) is 6.04 Å². The Kier molecular flexibility index (Phi) is 5.63. The maximum absolute atomic E-state index is 10.7. The third-order valence-corrected chi connectivity index (χ3v) is 3.98. The van der Waals surface area contributed by atoms with Gasteiger partial charge in [0, 0.05) is 57.4 Å². The molecule has 1 aromatic carbocycles. The molecule has 2 rings (SSSR count). The molecule has 1 heterocycles. The lowest BCUT2D eigenvalue weighted by molar-refractivity contribution is -0.384. The molecule has 0 radical (unpaired) electrons. The second kappa shape index (κ2) is 7.46. The van der Waals surface area contributed by atoms with Gasteiger partial charge < -0.3 is 10.8 Å². The number of benzene rings is 1. The zero-order valence-electron chi connectivity index (χ0n) is 12.0. The van der Waals surface area contributed by atoms with Crippen LogP contribution in [-0.4, -0.2) is 65.7 Å². The molecule has 1 aliphatic heterocycles. The molecule has 0 saturated carbocycles. The van der Waals surface area contributed by atoms with Gasteiger partial charge in [-0.1, -0.05) is 12.1 Å². The number of nitrogens with two attached hydrogens (primary N) is 1. The highest BCUT2D eigenvalue weighted by Gasteiger charge is 2.24. The van der Waals surface area contributed by atoms with Crippen molar-refractivity contribution >= 4 is 5.69 Å². The molecule has 0 spiro atoms. The molecule has 0 aromatic heterocycles. The first-order chi connectivity index (χ1) is 10.2. The normalized spacial score (nSPS) is 18.6. The van der Waals surface area contributed by atoms with Crippen LogP contribution in [0.4, 0.5) is 5.69 Å². The lowest BCUT2D eigenvalue weighted by atomic mass is 10.0. The maximum Gasteiger partial charge on any atom is 0.269 e. The van der Waals surface area contributed by atoms with Gasteiger partial charge in [-0.25, -0.2) is 0 Å². The van der Waals surface area contributed by atoms with E-state index in [9.17, 15) is 10.1 Å². The SMILES string of the molecule is NCC(c1ccc([N+](=O)[O-])cc1)N1CCN(CCO)CC1. The number of β-amino-alcohol motifs (C(OH)–C–C–N with tert-alkyl or cyclic N) is 1. The molecule has 3 N–H and O–H groups in total. The minimum Gasteiger partial charge on any atom is -0.395 e. The fourth-order valence-corrected chi connectivity index (χ4v) is 2.75. The van der Waals surface area contributed by atoms with Crippen LogP contribution >= 0.6 is 0 Å². The van der Waals surface area contributed by atoms with E-state index >= 15 is 0 Å². The number of aliphatic hydroxyl groups is 1. The van der Waals surface area contributed by atoms with Gasteiger partial charge in [-0.3, -0.25) is 19.9 Å². The van der Waals surface area contributed by atoms with E-state index in [1.165, 1.54) is 12.1 Å². The summed E-state index contributed by atoms with van der Waals surface area (Å²) in [5, 5.41) is 19.7. The Morgan fingerprint density at radius 3 is 2.33 bits per heavy atom. The number of non-ortho nitro benzene ring substituents is 1. The lowest BCUT2D eigenvalue weighted by Crippen LogP contribution is -2.49. The molecule has 1 saturated heterocycles. The Hall–Kier alpha value is -1.54. The number of rotatable bonds is 6. The molecule has 116 valence electrons. The standard InChI is InChI=1S/C14H22N4O3/c15-11-14(12-1-3-13(4-2-12)18(20)21)17-7-5-16(6-8-17)9-10-19/h1-4,14,19H,5-11,15H2. The highest BCUT2D eigenvalue weighted by Crippen LogP contribution is 2.23. The molecule has 1 aromatic rings. The first kappa shape index (κ1) is 15.8. The minimum atomic E-state index is -0.394. The van der Waals surface area contributed by atoms with Crippen LogP contribution in [0.3, 0.4) is 0 Å². The Labute approximate surface area is 124 Å². The van der Waals surface area contributed by atoms with Gasteiger partial charge >= 0.3 is 0 Å². The maximum atomic E-state index is 10.7. The minimum absolute atomic E-state index is 0.0853. The molecule has 1 aliphatic rings. The van der Waals surface area contributed by atoms with Crippen LogP contribution in [0.15, 0.2) is 24.3 Å². The molecule has 0 aliphatic carbocycles. The summed E-state index contributed by atoms with van der Waals surface area (Å²) >= 11 is 0. The van der Waals surface area contributed by atoms with E-state index in [1.807, 2.05) is 0 Å². The van der Waals surface area contributed by atoms with Crippen LogP contribution in [0.25, 0.3) is 0 Å². The molecule has 7 nitrogen and oxygen atoms in total. The Morgan fingerprint density at radius 1 is 1.24 bits per heavy atom. The van der Waals surface area contributed by atoms with Crippen molar-refractivity contribution in [3.05, 3.63) is 39.9 Å². The Morgan fingerprint density at radius 2 is 1.86 bits per heavy atom. The fourth-order valence-electron chi connectivity index (χ4n) is 2.75. The van der Waals surface area contributed by atoms with Crippen molar-refractivity contribution in [2.75, 3.05) is 45.9 Å². The van der Waals surface area contributed by atoms with Crippen LogP contribution in [-0.2, 0) is 0 Å². The van der Waals surface area contributed by atoms with Gasteiger partial charge in [-0.05, 0) is 5.56 Å². The second-order valence-corrected chi connectivity index (χ2v) is 5.20. The van der Waals surface area contributed by atoms with Crippen molar-refractivity contribution in [2.24, 2.45) is 5.73 Å². The Bertz CT molecular complexity index is 458. The predicted octanol–water partition coefficient (Wildman–Crippen LogP) is 0.204. The number of nitro groups is 1. The van der Waals surface area contributed by atoms with E-state index in [0.29, 0.717) is 13.1 Å². The van der Waals surface area contributed by atoms with Gasteiger partial charge in [0.05, 0.1) is 11.5 Å². The fraction of sp³-hybridized carbons (Fsp3) is 0.571. The smallest absolute Gasteiger partial charge is 0.269 e. The number of nitrogens with zero attached hydrogens (tertiary/aromatic N) is 3. The highest BCUT2D eigenvalue weighted by atomic mass is 16.6. The van der Waals surface area contributed by atoms with Gasteiger partial charge in [0.1, 0.15) is 0 Å². The summed E-state index contributed by atoms with van der Waals surface area (Å²) in [6, 6.07) is 6.72. The van der Waals surface area contributed by atoms with Crippen molar-refractivity contribution in [3.8, 4) is 0 Å². The van der Waals surface area contributed by atoms with E-state index < -0.39 is 4.92 Å². The van der Waals surface area contributed by atoms with Crippen molar-refractivity contribution in [1.29, 1.82) is 0 Å². The molecular weight excluding hydrogens is 272 g/mol. The van der Waals surface area contributed by atoms with Gasteiger partial charge in [0.25, 0.3) is 5.69 Å². The van der Waals surface area contributed by atoms with E-state index in [-0.39, 0.29) is 18.3 Å². The van der Waals surface area contributed by atoms with Crippen LogP contribution in [0.2, 0.25) is 0 Å². The molecule has 21 heavy (non-hydrogen) atoms. The van der Waals surface area contributed by atoms with E-state index in [0.717, 1.165) is 31.7 Å². The van der Waals surface area contributed by atoms with Crippen LogP contribution < -0.4 is 5.73 Å². The summed E-state index contributed by atoms with van der Waals surface area (Å²) in [5.41, 5.74) is 7.01.